The fraction of sp³-hybridized carbons (Fsp3) is 0.857. The van der Waals surface area contributed by atoms with E-state index in [1.165, 1.54) is 0 Å². The fourth-order valence-corrected chi connectivity index (χ4v) is 1.54. The third-order valence-corrected chi connectivity index (χ3v) is 2.16. The van der Waals surface area contributed by atoms with Crippen molar-refractivity contribution in [2.45, 2.75) is 31.0 Å². The molecule has 0 aromatic heterocycles. The second-order valence-corrected chi connectivity index (χ2v) is 3.21. The molecule has 1 heterocycles. The van der Waals surface area contributed by atoms with E-state index in [0.29, 0.717) is 6.42 Å². The molecule has 1 aliphatic heterocycles. The highest BCUT2D eigenvalue weighted by atomic mass is 16.4. The van der Waals surface area contributed by atoms with Gasteiger partial charge in [-0.3, -0.25) is 0 Å². The molecule has 5 N–H and O–H groups in total. The minimum Gasteiger partial charge on any atom is -0.477 e. The van der Waals surface area contributed by atoms with E-state index < -0.39 is 18.1 Å². The molecular formula is C7H14NO4+. The van der Waals surface area contributed by atoms with Crippen molar-refractivity contribution in [2.75, 3.05) is 6.61 Å². The zero-order valence-corrected chi connectivity index (χ0v) is 6.68. The molecule has 5 nitrogen and oxygen atoms in total. The number of carboxylic acids is 1. The summed E-state index contributed by atoms with van der Waals surface area (Å²) >= 11 is 0. The minimum absolute atomic E-state index is 0.0825. The van der Waals surface area contributed by atoms with Crippen molar-refractivity contribution in [1.82, 2.24) is 0 Å². The van der Waals surface area contributed by atoms with Gasteiger partial charge in [-0.1, -0.05) is 0 Å². The van der Waals surface area contributed by atoms with Crippen LogP contribution in [-0.2, 0) is 4.79 Å². The molecule has 0 unspecified atom stereocenters. The highest BCUT2D eigenvalue weighted by molar-refractivity contribution is 5.71. The van der Waals surface area contributed by atoms with Gasteiger partial charge in [-0.25, -0.2) is 4.79 Å². The predicted molar refractivity (Wildman–Crippen MR) is 39.5 cm³/mol. The van der Waals surface area contributed by atoms with Gasteiger partial charge in [0, 0.05) is 12.8 Å². The number of piperidine rings is 1. The van der Waals surface area contributed by atoms with Gasteiger partial charge in [-0.05, 0) is 0 Å². The standard InChI is InChI=1S/C7H13NO4/c9-3-4-1-5(10)2-6(8-4)7(11)12/h4-6,8-10H,1-3H2,(H,11,12)/p+1/t4-,5+,6+/m1/s1. The number of quaternary nitrogens is 1. The number of hydrogen-bond donors (Lipinski definition) is 4. The third kappa shape index (κ3) is 2.17. The molecule has 0 aliphatic carbocycles. The average Bonchev–Trinajstić information content (AvgIpc) is 2.03. The lowest BCUT2D eigenvalue weighted by Gasteiger charge is -2.27. The number of rotatable bonds is 2. The van der Waals surface area contributed by atoms with Gasteiger partial charge in [0.05, 0.1) is 12.7 Å². The second-order valence-electron chi connectivity index (χ2n) is 3.21. The zero-order valence-electron chi connectivity index (χ0n) is 6.68. The molecule has 12 heavy (non-hydrogen) atoms. The number of nitrogens with two attached hydrogens (primary N) is 1. The van der Waals surface area contributed by atoms with E-state index in [-0.39, 0.29) is 19.1 Å². The lowest BCUT2D eigenvalue weighted by molar-refractivity contribution is -0.723. The number of hydrogen-bond acceptors (Lipinski definition) is 3. The molecule has 0 aromatic carbocycles. The van der Waals surface area contributed by atoms with Gasteiger partial charge in [-0.2, -0.15) is 0 Å². The molecule has 1 fully saturated rings. The van der Waals surface area contributed by atoms with Crippen LogP contribution in [0.3, 0.4) is 0 Å². The summed E-state index contributed by atoms with van der Waals surface area (Å²) in [7, 11) is 0. The molecule has 5 heteroatoms. The molecule has 0 saturated carbocycles. The van der Waals surface area contributed by atoms with Crippen LogP contribution < -0.4 is 5.32 Å². The van der Waals surface area contributed by atoms with Crippen molar-refractivity contribution in [3.8, 4) is 0 Å². The smallest absolute Gasteiger partial charge is 0.362 e. The highest BCUT2D eigenvalue weighted by Crippen LogP contribution is 2.07. The van der Waals surface area contributed by atoms with Crippen LogP contribution in [0.25, 0.3) is 0 Å². The third-order valence-electron chi connectivity index (χ3n) is 2.16. The van der Waals surface area contributed by atoms with E-state index >= 15 is 0 Å². The Morgan fingerprint density at radius 1 is 1.50 bits per heavy atom. The first-order chi connectivity index (χ1) is 5.63. The SMILES string of the molecule is O=C(O)[C@@H]1C[C@@H](O)C[C@H](CO)[NH2+]1. The summed E-state index contributed by atoms with van der Waals surface area (Å²) in [5.74, 6) is -0.924. The quantitative estimate of drug-likeness (QED) is 0.374. The zero-order chi connectivity index (χ0) is 9.14. The van der Waals surface area contributed by atoms with Crippen molar-refractivity contribution < 1.29 is 25.4 Å². The molecule has 0 aromatic rings. The summed E-state index contributed by atoms with van der Waals surface area (Å²) in [6.45, 7) is -0.0825. The molecule has 0 spiro atoms. The van der Waals surface area contributed by atoms with E-state index in [1.807, 2.05) is 0 Å². The topological polar surface area (TPSA) is 94.4 Å². The average molecular weight is 176 g/mol. The molecule has 1 aliphatic rings. The molecular weight excluding hydrogens is 162 g/mol. The minimum atomic E-state index is -0.924. The van der Waals surface area contributed by atoms with Crippen LogP contribution >= 0.6 is 0 Å². The van der Waals surface area contributed by atoms with Crippen LogP contribution in [0.5, 0.6) is 0 Å². The Labute approximate surface area is 70.0 Å². The van der Waals surface area contributed by atoms with Gasteiger partial charge in [0.15, 0.2) is 6.04 Å². The molecule has 0 bridgehead atoms. The predicted octanol–water partition coefficient (Wildman–Crippen LogP) is -2.48. The van der Waals surface area contributed by atoms with Crippen LogP contribution in [0.1, 0.15) is 12.8 Å². The number of aliphatic hydroxyl groups excluding tert-OH is 2. The van der Waals surface area contributed by atoms with Gasteiger partial charge in [0.1, 0.15) is 6.04 Å². The Morgan fingerprint density at radius 2 is 2.17 bits per heavy atom. The highest BCUT2D eigenvalue weighted by Gasteiger charge is 2.34. The van der Waals surface area contributed by atoms with Crippen molar-refractivity contribution in [3.63, 3.8) is 0 Å². The Balaban J connectivity index is 2.51. The molecule has 1 saturated heterocycles. The summed E-state index contributed by atoms with van der Waals surface area (Å²) in [5.41, 5.74) is 0. The van der Waals surface area contributed by atoms with Gasteiger partial charge in [0.25, 0.3) is 0 Å². The van der Waals surface area contributed by atoms with E-state index in [9.17, 15) is 9.90 Å². The van der Waals surface area contributed by atoms with E-state index in [2.05, 4.69) is 0 Å². The molecule has 0 amide bonds. The van der Waals surface area contributed by atoms with Crippen LogP contribution in [0.15, 0.2) is 0 Å². The number of carboxylic acid groups (broad SMARTS) is 1. The number of carbonyl (C=O) groups is 1. The summed E-state index contributed by atoms with van der Waals surface area (Å²) in [4.78, 5) is 10.5. The van der Waals surface area contributed by atoms with E-state index in [4.69, 9.17) is 10.2 Å². The Morgan fingerprint density at radius 3 is 2.67 bits per heavy atom. The maximum Gasteiger partial charge on any atom is 0.362 e. The van der Waals surface area contributed by atoms with E-state index in [0.717, 1.165) is 0 Å². The lowest BCUT2D eigenvalue weighted by atomic mass is 9.96. The fourth-order valence-electron chi connectivity index (χ4n) is 1.54. The lowest BCUT2D eigenvalue weighted by Crippen LogP contribution is -2.99. The number of aliphatic hydroxyl groups is 2. The number of aliphatic carboxylic acids is 1. The Kier molecular flexibility index (Phi) is 3.02. The largest absolute Gasteiger partial charge is 0.477 e. The summed E-state index contributed by atoms with van der Waals surface area (Å²) in [6.07, 6.45) is 0.153. The molecule has 3 atom stereocenters. The van der Waals surface area contributed by atoms with Gasteiger partial charge in [0.2, 0.25) is 0 Å². The first-order valence-electron chi connectivity index (χ1n) is 4.00. The van der Waals surface area contributed by atoms with Crippen molar-refractivity contribution in [3.05, 3.63) is 0 Å². The van der Waals surface area contributed by atoms with Crippen LogP contribution in [-0.4, -0.2) is 46.1 Å². The first kappa shape index (κ1) is 9.44. The summed E-state index contributed by atoms with van der Waals surface area (Å²) in [6, 6.07) is -0.777. The first-order valence-corrected chi connectivity index (χ1v) is 4.00. The normalized spacial score (nSPS) is 36.3. The van der Waals surface area contributed by atoms with Crippen molar-refractivity contribution in [1.29, 1.82) is 0 Å². The molecule has 70 valence electrons. The summed E-state index contributed by atoms with van der Waals surface area (Å²) < 4.78 is 0. The van der Waals surface area contributed by atoms with Crippen LogP contribution in [0.4, 0.5) is 0 Å². The monoisotopic (exact) mass is 176 g/mol. The van der Waals surface area contributed by atoms with Gasteiger partial charge < -0.3 is 20.6 Å². The summed E-state index contributed by atoms with van der Waals surface area (Å²) in [5, 5.41) is 28.3. The van der Waals surface area contributed by atoms with E-state index in [1.54, 1.807) is 5.32 Å². The maximum atomic E-state index is 10.5. The Hall–Kier alpha value is -0.650. The maximum absolute atomic E-state index is 10.5. The molecule has 1 rings (SSSR count). The Bertz CT molecular complexity index is 173. The van der Waals surface area contributed by atoms with Gasteiger partial charge >= 0.3 is 5.97 Å². The van der Waals surface area contributed by atoms with Crippen LogP contribution in [0, 0.1) is 0 Å². The van der Waals surface area contributed by atoms with Gasteiger partial charge in [-0.15, -0.1) is 0 Å². The molecule has 0 radical (unpaired) electrons. The van der Waals surface area contributed by atoms with Crippen molar-refractivity contribution in [2.24, 2.45) is 0 Å². The van der Waals surface area contributed by atoms with Crippen molar-refractivity contribution >= 4 is 5.97 Å². The van der Waals surface area contributed by atoms with Crippen LogP contribution in [0.2, 0.25) is 0 Å². The second kappa shape index (κ2) is 3.84.